The fourth-order valence-corrected chi connectivity index (χ4v) is 4.12. The van der Waals surface area contributed by atoms with Gasteiger partial charge in [0.2, 0.25) is 10.0 Å². The van der Waals surface area contributed by atoms with Crippen LogP contribution in [-0.4, -0.2) is 24.7 Å². The molecule has 110 valence electrons. The zero-order valence-corrected chi connectivity index (χ0v) is 12.0. The van der Waals surface area contributed by atoms with Crippen LogP contribution in [0.5, 0.6) is 0 Å². The number of hydrogen-bond acceptors (Lipinski definition) is 3. The van der Waals surface area contributed by atoms with E-state index >= 15 is 0 Å². The largest absolute Gasteiger partial charge is 0.481 e. The Morgan fingerprint density at radius 2 is 1.95 bits per heavy atom. The van der Waals surface area contributed by atoms with Crippen molar-refractivity contribution in [2.45, 2.75) is 43.8 Å². The van der Waals surface area contributed by atoms with Gasteiger partial charge in [0.05, 0.1) is 11.7 Å². The first-order valence-electron chi connectivity index (χ1n) is 6.80. The van der Waals surface area contributed by atoms with Crippen molar-refractivity contribution in [3.05, 3.63) is 29.8 Å². The molecule has 0 amide bonds. The van der Waals surface area contributed by atoms with Crippen molar-refractivity contribution in [1.29, 1.82) is 0 Å². The van der Waals surface area contributed by atoms with Gasteiger partial charge in [-0.25, -0.2) is 8.42 Å². The number of rotatable bonds is 5. The Morgan fingerprint density at radius 1 is 1.25 bits per heavy atom. The van der Waals surface area contributed by atoms with E-state index in [-0.39, 0.29) is 11.7 Å². The number of carboxylic acids is 1. The molecule has 2 rings (SSSR count). The molecule has 0 spiro atoms. The van der Waals surface area contributed by atoms with Gasteiger partial charge in [0.1, 0.15) is 0 Å². The van der Waals surface area contributed by atoms with E-state index < -0.39 is 16.0 Å². The summed E-state index contributed by atoms with van der Waals surface area (Å²) in [4.78, 5) is 10.7. The Balaban J connectivity index is 2.10. The lowest BCUT2D eigenvalue weighted by molar-refractivity contribution is -0.136. The molecule has 2 N–H and O–H groups in total. The molecule has 1 aromatic rings. The van der Waals surface area contributed by atoms with Crippen LogP contribution < -0.4 is 4.72 Å². The van der Waals surface area contributed by atoms with Crippen molar-refractivity contribution in [2.24, 2.45) is 0 Å². The highest BCUT2D eigenvalue weighted by Crippen LogP contribution is 2.25. The number of benzene rings is 1. The Labute approximate surface area is 119 Å². The molecular formula is C14H19NO4S. The average Bonchev–Trinajstić information content (AvgIpc) is 2.39. The van der Waals surface area contributed by atoms with Gasteiger partial charge in [0.15, 0.2) is 0 Å². The minimum Gasteiger partial charge on any atom is -0.481 e. The predicted octanol–water partition coefficient (Wildman–Crippen LogP) is 2.39. The molecule has 1 aliphatic rings. The molecule has 1 aromatic carbocycles. The molecule has 0 aliphatic heterocycles. The molecule has 0 unspecified atom stereocenters. The lowest BCUT2D eigenvalue weighted by Crippen LogP contribution is -2.29. The minimum absolute atomic E-state index is 0.112. The summed E-state index contributed by atoms with van der Waals surface area (Å²) in [5.74, 6) is -0.933. The fourth-order valence-electron chi connectivity index (χ4n) is 2.54. The first kappa shape index (κ1) is 14.8. The van der Waals surface area contributed by atoms with Crippen LogP contribution in [0, 0.1) is 0 Å². The van der Waals surface area contributed by atoms with E-state index in [1.807, 2.05) is 0 Å². The second-order valence-electron chi connectivity index (χ2n) is 5.18. The van der Waals surface area contributed by atoms with Crippen LogP contribution in [0.4, 0.5) is 5.69 Å². The maximum atomic E-state index is 12.3. The molecule has 1 saturated carbocycles. The number of carbonyl (C=O) groups is 1. The summed E-state index contributed by atoms with van der Waals surface area (Å²) in [6, 6.07) is 6.56. The van der Waals surface area contributed by atoms with Crippen LogP contribution in [0.25, 0.3) is 0 Å². The standard InChI is InChI=1S/C14H19NO4S/c16-14(17)10-11-5-4-6-12(9-11)15-20(18,19)13-7-2-1-3-8-13/h4-6,9,13,15H,1-3,7-8,10H2,(H,16,17). The number of aliphatic carboxylic acids is 1. The van der Waals surface area contributed by atoms with Crippen molar-refractivity contribution in [1.82, 2.24) is 0 Å². The summed E-state index contributed by atoms with van der Waals surface area (Å²) >= 11 is 0. The third-order valence-electron chi connectivity index (χ3n) is 3.53. The first-order chi connectivity index (χ1) is 9.47. The van der Waals surface area contributed by atoms with E-state index in [0.717, 1.165) is 19.3 Å². The lowest BCUT2D eigenvalue weighted by atomic mass is 10.0. The highest BCUT2D eigenvalue weighted by molar-refractivity contribution is 7.93. The van der Waals surface area contributed by atoms with Crippen LogP contribution in [-0.2, 0) is 21.2 Å². The Kier molecular flexibility index (Phi) is 4.65. The highest BCUT2D eigenvalue weighted by Gasteiger charge is 2.27. The molecule has 20 heavy (non-hydrogen) atoms. The van der Waals surface area contributed by atoms with Crippen LogP contribution in [0.1, 0.15) is 37.7 Å². The summed E-state index contributed by atoms with van der Waals surface area (Å²) in [6.45, 7) is 0. The van der Waals surface area contributed by atoms with Gasteiger partial charge in [-0.2, -0.15) is 0 Å². The van der Waals surface area contributed by atoms with Crippen molar-refractivity contribution in [3.8, 4) is 0 Å². The zero-order chi connectivity index (χ0) is 14.6. The summed E-state index contributed by atoms with van der Waals surface area (Å²) in [6.07, 6.45) is 4.28. The molecule has 0 bridgehead atoms. The van der Waals surface area contributed by atoms with Crippen LogP contribution in [0.15, 0.2) is 24.3 Å². The predicted molar refractivity (Wildman–Crippen MR) is 77.2 cm³/mol. The van der Waals surface area contributed by atoms with Gasteiger partial charge >= 0.3 is 5.97 Å². The molecular weight excluding hydrogens is 278 g/mol. The maximum Gasteiger partial charge on any atom is 0.307 e. The summed E-state index contributed by atoms with van der Waals surface area (Å²) in [7, 11) is -3.38. The van der Waals surface area contributed by atoms with Gasteiger partial charge in [0.25, 0.3) is 0 Å². The van der Waals surface area contributed by atoms with E-state index in [1.165, 1.54) is 0 Å². The van der Waals surface area contributed by atoms with Crippen LogP contribution in [0.2, 0.25) is 0 Å². The van der Waals surface area contributed by atoms with Crippen molar-refractivity contribution >= 4 is 21.7 Å². The maximum absolute atomic E-state index is 12.3. The molecule has 0 heterocycles. The number of carboxylic acid groups (broad SMARTS) is 1. The van der Waals surface area contributed by atoms with E-state index in [4.69, 9.17) is 5.11 Å². The van der Waals surface area contributed by atoms with Gasteiger partial charge in [-0.1, -0.05) is 31.4 Å². The van der Waals surface area contributed by atoms with E-state index in [0.29, 0.717) is 24.1 Å². The normalized spacial score (nSPS) is 16.8. The van der Waals surface area contributed by atoms with Gasteiger partial charge in [0, 0.05) is 5.69 Å². The first-order valence-corrected chi connectivity index (χ1v) is 8.34. The number of hydrogen-bond donors (Lipinski definition) is 2. The van der Waals surface area contributed by atoms with Crippen molar-refractivity contribution < 1.29 is 18.3 Å². The second kappa shape index (κ2) is 6.26. The third kappa shape index (κ3) is 3.96. The number of nitrogens with one attached hydrogen (secondary N) is 1. The Hall–Kier alpha value is -1.56. The summed E-state index contributed by atoms with van der Waals surface area (Å²) in [5, 5.41) is 8.42. The molecule has 1 fully saturated rings. The Morgan fingerprint density at radius 3 is 2.60 bits per heavy atom. The molecule has 1 aliphatic carbocycles. The minimum atomic E-state index is -3.38. The van der Waals surface area contributed by atoms with E-state index in [2.05, 4.69) is 4.72 Å². The van der Waals surface area contributed by atoms with Gasteiger partial charge in [-0.3, -0.25) is 9.52 Å². The SMILES string of the molecule is O=C(O)Cc1cccc(NS(=O)(=O)C2CCCCC2)c1. The van der Waals surface area contributed by atoms with Crippen LogP contribution in [0.3, 0.4) is 0 Å². The second-order valence-corrected chi connectivity index (χ2v) is 7.14. The lowest BCUT2D eigenvalue weighted by Gasteiger charge is -2.22. The molecule has 0 aromatic heterocycles. The smallest absolute Gasteiger partial charge is 0.307 e. The highest BCUT2D eigenvalue weighted by atomic mass is 32.2. The monoisotopic (exact) mass is 297 g/mol. The number of sulfonamides is 1. The number of anilines is 1. The summed E-state index contributed by atoms with van der Waals surface area (Å²) in [5.41, 5.74) is 1.02. The van der Waals surface area contributed by atoms with Crippen LogP contribution >= 0.6 is 0 Å². The van der Waals surface area contributed by atoms with Gasteiger partial charge < -0.3 is 5.11 Å². The topological polar surface area (TPSA) is 83.5 Å². The fraction of sp³-hybridized carbons (Fsp3) is 0.500. The molecule has 0 saturated heterocycles. The van der Waals surface area contributed by atoms with E-state index in [1.54, 1.807) is 24.3 Å². The molecule has 5 nitrogen and oxygen atoms in total. The molecule has 0 atom stereocenters. The van der Waals surface area contributed by atoms with Gasteiger partial charge in [-0.05, 0) is 30.5 Å². The summed E-state index contributed by atoms with van der Waals surface area (Å²) < 4.78 is 27.1. The third-order valence-corrected chi connectivity index (χ3v) is 5.40. The molecule has 6 heteroatoms. The van der Waals surface area contributed by atoms with Gasteiger partial charge in [-0.15, -0.1) is 0 Å². The Bertz CT molecular complexity index is 577. The average molecular weight is 297 g/mol. The zero-order valence-electron chi connectivity index (χ0n) is 11.2. The van der Waals surface area contributed by atoms with Crippen molar-refractivity contribution in [3.63, 3.8) is 0 Å². The quantitative estimate of drug-likeness (QED) is 0.874. The molecule has 0 radical (unpaired) electrons. The van der Waals surface area contributed by atoms with Crippen molar-refractivity contribution in [2.75, 3.05) is 4.72 Å². The van der Waals surface area contributed by atoms with E-state index in [9.17, 15) is 13.2 Å².